The molecule has 32 heavy (non-hydrogen) atoms. The highest BCUT2D eigenvalue weighted by Crippen LogP contribution is 2.32. The van der Waals surface area contributed by atoms with Crippen LogP contribution in [0, 0.1) is 0 Å². The van der Waals surface area contributed by atoms with Crippen molar-refractivity contribution in [1.82, 2.24) is 10.5 Å². The van der Waals surface area contributed by atoms with E-state index < -0.39 is 5.92 Å². The van der Waals surface area contributed by atoms with Gasteiger partial charge in [-0.3, -0.25) is 24.9 Å². The van der Waals surface area contributed by atoms with Gasteiger partial charge in [-0.05, 0) is 53.9 Å². The molecule has 1 aliphatic rings. The highest BCUT2D eigenvalue weighted by atomic mass is 16.6. The molecule has 0 fully saturated rings. The number of ether oxygens (including phenoxy) is 1. The summed E-state index contributed by atoms with van der Waals surface area (Å²) in [5.41, 5.74) is 7.81. The molecule has 0 aliphatic heterocycles. The number of nitrogens with one attached hydrogen (secondary N) is 1. The number of Topliss-reactive ketones (excluding diaryl/α,β-unsaturated/α-hetero) is 2. The van der Waals surface area contributed by atoms with Gasteiger partial charge in [-0.15, -0.1) is 0 Å². The lowest BCUT2D eigenvalue weighted by molar-refractivity contribution is 0.0893. The molecule has 3 aromatic rings. The number of fused-ring (bicyclic) bond motifs is 1. The zero-order chi connectivity index (χ0) is 22.5. The normalized spacial score (nSPS) is 13.1. The standard InChI is InChI=1S/C26H24N2O4/c1-31-21-7-3-17(4-8-21)25(29)16-23(26(30)18-11-13-27-14-12-18)20-5-9-22-19(15-20)6-10-24(22)28-32-2/h3-5,7-15,23,28H,6,16H2,1-2H3. The average molecular weight is 428 g/mol. The van der Waals surface area contributed by atoms with E-state index in [1.54, 1.807) is 63.0 Å². The van der Waals surface area contributed by atoms with Crippen molar-refractivity contribution < 1.29 is 19.2 Å². The van der Waals surface area contributed by atoms with E-state index in [1.165, 1.54) is 0 Å². The minimum Gasteiger partial charge on any atom is -0.497 e. The second kappa shape index (κ2) is 9.58. The molecule has 6 heteroatoms. The summed E-state index contributed by atoms with van der Waals surface area (Å²) >= 11 is 0. The van der Waals surface area contributed by atoms with Crippen LogP contribution in [0.5, 0.6) is 5.75 Å². The summed E-state index contributed by atoms with van der Waals surface area (Å²) in [6.07, 6.45) is 6.02. The molecule has 2 aromatic carbocycles. The zero-order valence-electron chi connectivity index (χ0n) is 18.0. The molecule has 1 aliphatic carbocycles. The summed E-state index contributed by atoms with van der Waals surface area (Å²) in [4.78, 5) is 35.6. The van der Waals surface area contributed by atoms with Gasteiger partial charge in [0.2, 0.25) is 0 Å². The minimum absolute atomic E-state index is 0.0723. The molecule has 0 spiro atoms. The Morgan fingerprint density at radius 2 is 1.75 bits per heavy atom. The second-order valence-corrected chi connectivity index (χ2v) is 7.55. The third kappa shape index (κ3) is 4.45. The lowest BCUT2D eigenvalue weighted by Crippen LogP contribution is -2.18. The quantitative estimate of drug-likeness (QED) is 0.403. The zero-order valence-corrected chi connectivity index (χ0v) is 18.0. The predicted molar refractivity (Wildman–Crippen MR) is 122 cm³/mol. The number of ketones is 2. The number of methoxy groups -OCH3 is 1. The maximum Gasteiger partial charge on any atom is 0.170 e. The van der Waals surface area contributed by atoms with E-state index in [2.05, 4.69) is 10.5 Å². The smallest absolute Gasteiger partial charge is 0.170 e. The van der Waals surface area contributed by atoms with E-state index in [9.17, 15) is 9.59 Å². The molecule has 1 atom stereocenters. The summed E-state index contributed by atoms with van der Waals surface area (Å²) in [6.45, 7) is 0. The molecule has 0 radical (unpaired) electrons. The van der Waals surface area contributed by atoms with Crippen LogP contribution in [0.25, 0.3) is 5.70 Å². The molecule has 4 rings (SSSR count). The molecule has 0 amide bonds. The topological polar surface area (TPSA) is 77.5 Å². The van der Waals surface area contributed by atoms with Crippen molar-refractivity contribution in [3.8, 4) is 5.75 Å². The van der Waals surface area contributed by atoms with Crippen molar-refractivity contribution in [3.63, 3.8) is 0 Å². The van der Waals surface area contributed by atoms with Crippen molar-refractivity contribution in [3.05, 3.63) is 101 Å². The second-order valence-electron chi connectivity index (χ2n) is 7.55. The van der Waals surface area contributed by atoms with Gasteiger partial charge in [0.1, 0.15) is 5.75 Å². The number of carbonyl (C=O) groups is 2. The minimum atomic E-state index is -0.600. The fourth-order valence-electron chi connectivity index (χ4n) is 3.95. The number of nitrogens with zero attached hydrogens (tertiary/aromatic N) is 1. The van der Waals surface area contributed by atoms with Crippen molar-refractivity contribution >= 4 is 17.3 Å². The van der Waals surface area contributed by atoms with Crippen LogP contribution >= 0.6 is 0 Å². The number of hydroxylamine groups is 1. The predicted octanol–water partition coefficient (Wildman–Crippen LogP) is 4.38. The van der Waals surface area contributed by atoms with E-state index in [-0.39, 0.29) is 18.0 Å². The number of aromatic nitrogens is 1. The molecule has 1 heterocycles. The molecule has 1 N–H and O–H groups in total. The Morgan fingerprint density at radius 1 is 1.00 bits per heavy atom. The SMILES string of the molecule is CONC1=CCc2cc(C(CC(=O)c3ccc(OC)cc3)C(=O)c3ccncc3)ccc21. The van der Waals surface area contributed by atoms with E-state index in [1.807, 2.05) is 24.3 Å². The largest absolute Gasteiger partial charge is 0.497 e. The average Bonchev–Trinajstić information content (AvgIpc) is 3.25. The Kier molecular flexibility index (Phi) is 6.42. The van der Waals surface area contributed by atoms with Gasteiger partial charge in [0, 0.05) is 35.5 Å². The lowest BCUT2D eigenvalue weighted by atomic mass is 9.84. The Bertz CT molecular complexity index is 1150. The molecule has 1 unspecified atom stereocenters. The van der Waals surface area contributed by atoms with Crippen LogP contribution in [0.2, 0.25) is 0 Å². The lowest BCUT2D eigenvalue weighted by Gasteiger charge is -2.18. The summed E-state index contributed by atoms with van der Waals surface area (Å²) in [6, 6.07) is 16.2. The molecule has 0 saturated carbocycles. The van der Waals surface area contributed by atoms with Crippen LogP contribution in [-0.4, -0.2) is 30.8 Å². The Morgan fingerprint density at radius 3 is 2.44 bits per heavy atom. The van der Waals surface area contributed by atoms with Crippen LogP contribution in [-0.2, 0) is 11.3 Å². The third-order valence-electron chi connectivity index (χ3n) is 5.64. The first-order valence-electron chi connectivity index (χ1n) is 10.3. The van der Waals surface area contributed by atoms with Crippen LogP contribution < -0.4 is 10.2 Å². The Labute approximate surface area is 186 Å². The van der Waals surface area contributed by atoms with E-state index in [4.69, 9.17) is 9.57 Å². The highest BCUT2D eigenvalue weighted by molar-refractivity contribution is 6.06. The molecule has 1 aromatic heterocycles. The molecular weight excluding hydrogens is 404 g/mol. The molecule has 162 valence electrons. The number of benzene rings is 2. The van der Waals surface area contributed by atoms with Gasteiger partial charge in [-0.2, -0.15) is 0 Å². The van der Waals surface area contributed by atoms with E-state index in [0.29, 0.717) is 16.9 Å². The van der Waals surface area contributed by atoms with Crippen LogP contribution in [0.4, 0.5) is 0 Å². The summed E-state index contributed by atoms with van der Waals surface area (Å²) < 4.78 is 5.17. The first-order valence-corrected chi connectivity index (χ1v) is 10.3. The Balaban J connectivity index is 1.65. The first kappa shape index (κ1) is 21.5. The van der Waals surface area contributed by atoms with Crippen LogP contribution in [0.1, 0.15) is 49.7 Å². The van der Waals surface area contributed by atoms with Crippen LogP contribution in [0.15, 0.2) is 73.1 Å². The van der Waals surface area contributed by atoms with E-state index in [0.717, 1.165) is 28.8 Å². The van der Waals surface area contributed by atoms with Crippen molar-refractivity contribution in [2.45, 2.75) is 18.8 Å². The Hall–Kier alpha value is -3.77. The molecule has 0 saturated heterocycles. The molecule has 0 bridgehead atoms. The van der Waals surface area contributed by atoms with Gasteiger partial charge in [-0.1, -0.05) is 24.3 Å². The van der Waals surface area contributed by atoms with Crippen molar-refractivity contribution in [2.24, 2.45) is 0 Å². The maximum atomic E-state index is 13.4. The first-order chi connectivity index (χ1) is 15.6. The van der Waals surface area contributed by atoms with Crippen LogP contribution in [0.3, 0.4) is 0 Å². The number of carbonyl (C=O) groups excluding carboxylic acids is 2. The highest BCUT2D eigenvalue weighted by Gasteiger charge is 2.27. The number of hydrogen-bond acceptors (Lipinski definition) is 6. The van der Waals surface area contributed by atoms with Gasteiger partial charge in [-0.25, -0.2) is 0 Å². The van der Waals surface area contributed by atoms with Crippen molar-refractivity contribution in [2.75, 3.05) is 14.2 Å². The van der Waals surface area contributed by atoms with E-state index >= 15 is 0 Å². The monoisotopic (exact) mass is 428 g/mol. The fraction of sp³-hybridized carbons (Fsp3) is 0.192. The summed E-state index contributed by atoms with van der Waals surface area (Å²) in [5.74, 6) is -0.120. The summed E-state index contributed by atoms with van der Waals surface area (Å²) in [5, 5.41) is 0. The van der Waals surface area contributed by atoms with Gasteiger partial charge < -0.3 is 4.74 Å². The van der Waals surface area contributed by atoms with Gasteiger partial charge in [0.15, 0.2) is 11.6 Å². The number of pyridine rings is 1. The third-order valence-corrected chi connectivity index (χ3v) is 5.64. The number of allylic oxidation sites excluding steroid dienone is 1. The van der Waals surface area contributed by atoms with Crippen molar-refractivity contribution in [1.29, 1.82) is 0 Å². The maximum absolute atomic E-state index is 13.4. The summed E-state index contributed by atoms with van der Waals surface area (Å²) in [7, 11) is 3.15. The number of hydrogen-bond donors (Lipinski definition) is 1. The van der Waals surface area contributed by atoms with Gasteiger partial charge in [0.05, 0.1) is 25.8 Å². The number of rotatable bonds is 9. The van der Waals surface area contributed by atoms with Gasteiger partial charge in [0.25, 0.3) is 0 Å². The molecule has 6 nitrogen and oxygen atoms in total. The van der Waals surface area contributed by atoms with Gasteiger partial charge >= 0.3 is 0 Å². The fourth-order valence-corrected chi connectivity index (χ4v) is 3.95. The molecular formula is C26H24N2O4.